The molecule has 0 saturated carbocycles. The van der Waals surface area contributed by atoms with Crippen molar-refractivity contribution in [2.24, 2.45) is 5.92 Å². The fourth-order valence-corrected chi connectivity index (χ4v) is 3.00. The number of hydrogen-bond donors (Lipinski definition) is 3. The van der Waals surface area contributed by atoms with Gasteiger partial charge in [0.1, 0.15) is 11.9 Å². The van der Waals surface area contributed by atoms with Gasteiger partial charge >= 0.3 is 6.09 Å². The van der Waals surface area contributed by atoms with Crippen LogP contribution in [-0.2, 0) is 4.74 Å². The highest BCUT2D eigenvalue weighted by molar-refractivity contribution is 14.1. The first-order chi connectivity index (χ1) is 12.4. The van der Waals surface area contributed by atoms with Gasteiger partial charge in [0.25, 0.3) is 0 Å². The largest absolute Gasteiger partial charge is 0.508 e. The molecule has 2 atom stereocenters. The lowest BCUT2D eigenvalue weighted by Gasteiger charge is -2.25. The number of aliphatic hydroxyl groups is 1. The molecular formula is C19H19IN2O4. The van der Waals surface area contributed by atoms with Crippen molar-refractivity contribution in [3.8, 4) is 11.8 Å². The number of carbonyl (C=O) groups excluding carboxylic acids is 1. The SMILES string of the molecule is C[C@H](CCO)[C@@H](OC(=O)Nc1ccc(C#N)cc1)c1cc(I)ccc1O. The molecule has 0 heterocycles. The highest BCUT2D eigenvalue weighted by Gasteiger charge is 2.26. The number of carbonyl (C=O) groups is 1. The molecule has 0 aliphatic rings. The van der Waals surface area contributed by atoms with Gasteiger partial charge in [-0.25, -0.2) is 4.79 Å². The summed E-state index contributed by atoms with van der Waals surface area (Å²) in [4.78, 5) is 12.3. The summed E-state index contributed by atoms with van der Waals surface area (Å²) in [7, 11) is 0. The lowest BCUT2D eigenvalue weighted by Crippen LogP contribution is -2.22. The van der Waals surface area contributed by atoms with Gasteiger partial charge in [0.05, 0.1) is 11.6 Å². The molecule has 2 rings (SSSR count). The van der Waals surface area contributed by atoms with E-state index in [0.29, 0.717) is 23.2 Å². The van der Waals surface area contributed by atoms with E-state index in [0.717, 1.165) is 3.57 Å². The number of anilines is 1. The molecule has 0 spiro atoms. The Kier molecular flexibility index (Phi) is 7.24. The second kappa shape index (κ2) is 9.40. The monoisotopic (exact) mass is 466 g/mol. The summed E-state index contributed by atoms with van der Waals surface area (Å²) in [5.74, 6) is -0.165. The first-order valence-corrected chi connectivity index (χ1v) is 9.09. The van der Waals surface area contributed by atoms with Gasteiger partial charge in [0.15, 0.2) is 0 Å². The molecule has 136 valence electrons. The number of amides is 1. The van der Waals surface area contributed by atoms with Gasteiger partial charge in [-0.15, -0.1) is 0 Å². The van der Waals surface area contributed by atoms with Crippen LogP contribution in [0.3, 0.4) is 0 Å². The number of hydrogen-bond acceptors (Lipinski definition) is 5. The van der Waals surface area contributed by atoms with Crippen molar-refractivity contribution in [3.63, 3.8) is 0 Å². The third-order valence-corrected chi connectivity index (χ3v) is 4.56. The number of phenolic OH excluding ortho intramolecular Hbond substituents is 1. The summed E-state index contributed by atoms with van der Waals surface area (Å²) in [6.07, 6.45) is -0.974. The second-order valence-electron chi connectivity index (χ2n) is 5.83. The van der Waals surface area contributed by atoms with Crippen molar-refractivity contribution in [3.05, 3.63) is 57.2 Å². The van der Waals surface area contributed by atoms with Crippen LogP contribution in [0.4, 0.5) is 10.5 Å². The van der Waals surface area contributed by atoms with Gasteiger partial charge in [0, 0.05) is 21.4 Å². The second-order valence-corrected chi connectivity index (χ2v) is 7.08. The standard InChI is InChI=1S/C19H19IN2O4/c1-12(8-9-23)18(16-10-14(20)4-7-17(16)24)26-19(25)22-15-5-2-13(11-21)3-6-15/h2-7,10,12,18,23-24H,8-9H2,1H3,(H,22,25)/t12-,18-/m1/s1. The van der Waals surface area contributed by atoms with E-state index in [1.54, 1.807) is 42.5 Å². The molecule has 0 radical (unpaired) electrons. The average molecular weight is 466 g/mol. The molecule has 6 nitrogen and oxygen atoms in total. The van der Waals surface area contributed by atoms with E-state index in [4.69, 9.17) is 10.00 Å². The molecule has 26 heavy (non-hydrogen) atoms. The maximum Gasteiger partial charge on any atom is 0.412 e. The first-order valence-electron chi connectivity index (χ1n) is 8.01. The minimum absolute atomic E-state index is 0.0337. The van der Waals surface area contributed by atoms with Crippen LogP contribution in [0, 0.1) is 20.8 Å². The van der Waals surface area contributed by atoms with Crippen LogP contribution in [0.1, 0.15) is 30.6 Å². The van der Waals surface area contributed by atoms with Gasteiger partial charge in [-0.1, -0.05) is 6.92 Å². The summed E-state index contributed by atoms with van der Waals surface area (Å²) < 4.78 is 6.45. The van der Waals surface area contributed by atoms with Gasteiger partial charge in [-0.3, -0.25) is 5.32 Å². The zero-order chi connectivity index (χ0) is 19.1. The Bertz CT molecular complexity index is 802. The number of aliphatic hydroxyl groups excluding tert-OH is 1. The third kappa shape index (κ3) is 5.34. The van der Waals surface area contributed by atoms with E-state index < -0.39 is 12.2 Å². The predicted octanol–water partition coefficient (Wildman–Crippen LogP) is 4.18. The molecule has 0 saturated heterocycles. The van der Waals surface area contributed by atoms with Gasteiger partial charge < -0.3 is 14.9 Å². The molecule has 3 N–H and O–H groups in total. The minimum atomic E-state index is -0.713. The average Bonchev–Trinajstić information content (AvgIpc) is 2.62. The number of rotatable bonds is 6. The minimum Gasteiger partial charge on any atom is -0.508 e. The van der Waals surface area contributed by atoms with Crippen LogP contribution >= 0.6 is 22.6 Å². The molecule has 1 amide bonds. The quantitative estimate of drug-likeness (QED) is 0.555. The molecule has 0 unspecified atom stereocenters. The van der Waals surface area contributed by atoms with E-state index in [1.165, 1.54) is 0 Å². The van der Waals surface area contributed by atoms with Crippen LogP contribution in [0.2, 0.25) is 0 Å². The summed E-state index contributed by atoms with van der Waals surface area (Å²) in [5.41, 5.74) is 1.48. The molecule has 2 aromatic rings. The summed E-state index contributed by atoms with van der Waals surface area (Å²) >= 11 is 2.12. The number of ether oxygens (including phenoxy) is 1. The van der Waals surface area contributed by atoms with E-state index in [2.05, 4.69) is 27.9 Å². The number of phenols is 1. The molecule has 2 aromatic carbocycles. The number of aromatic hydroxyl groups is 1. The third-order valence-electron chi connectivity index (χ3n) is 3.89. The van der Waals surface area contributed by atoms with E-state index in [9.17, 15) is 15.0 Å². The van der Waals surface area contributed by atoms with Crippen LogP contribution in [0.5, 0.6) is 5.75 Å². The van der Waals surface area contributed by atoms with Crippen molar-refractivity contribution < 1.29 is 19.7 Å². The van der Waals surface area contributed by atoms with Crippen molar-refractivity contribution in [1.29, 1.82) is 5.26 Å². The van der Waals surface area contributed by atoms with Crippen LogP contribution in [0.15, 0.2) is 42.5 Å². The Hall–Kier alpha value is -2.31. The fourth-order valence-electron chi connectivity index (χ4n) is 2.49. The zero-order valence-corrected chi connectivity index (χ0v) is 16.3. The number of nitrogens with zero attached hydrogens (tertiary/aromatic N) is 1. The van der Waals surface area contributed by atoms with E-state index in [1.807, 2.05) is 13.0 Å². The normalized spacial score (nSPS) is 12.7. The molecule has 0 bridgehead atoms. The van der Waals surface area contributed by atoms with Gasteiger partial charge in [-0.2, -0.15) is 5.26 Å². The lowest BCUT2D eigenvalue weighted by molar-refractivity contribution is 0.0652. The van der Waals surface area contributed by atoms with Crippen LogP contribution in [-0.4, -0.2) is 22.9 Å². The first kappa shape index (κ1) is 20.0. The fraction of sp³-hybridized carbons (Fsp3) is 0.263. The summed E-state index contributed by atoms with van der Waals surface area (Å²) in [6, 6.07) is 13.5. The molecule has 0 fully saturated rings. The lowest BCUT2D eigenvalue weighted by atomic mass is 9.94. The van der Waals surface area contributed by atoms with Crippen molar-refractivity contribution >= 4 is 34.4 Å². The smallest absolute Gasteiger partial charge is 0.412 e. The Morgan fingerprint density at radius 2 is 2.00 bits per heavy atom. The molecule has 0 aliphatic heterocycles. The predicted molar refractivity (Wildman–Crippen MR) is 106 cm³/mol. The number of halogens is 1. The maximum absolute atomic E-state index is 12.3. The Morgan fingerprint density at radius 1 is 1.31 bits per heavy atom. The van der Waals surface area contributed by atoms with Crippen molar-refractivity contribution in [2.75, 3.05) is 11.9 Å². The Balaban J connectivity index is 2.18. The van der Waals surface area contributed by atoms with Gasteiger partial charge in [-0.05, 0) is 77.4 Å². The molecular weight excluding hydrogens is 447 g/mol. The number of benzene rings is 2. The van der Waals surface area contributed by atoms with E-state index >= 15 is 0 Å². The highest BCUT2D eigenvalue weighted by Crippen LogP contribution is 2.35. The van der Waals surface area contributed by atoms with Crippen molar-refractivity contribution in [2.45, 2.75) is 19.4 Å². The van der Waals surface area contributed by atoms with E-state index in [-0.39, 0.29) is 18.3 Å². The summed E-state index contributed by atoms with van der Waals surface area (Å²) in [5, 5.41) is 30.8. The molecule has 7 heteroatoms. The Morgan fingerprint density at radius 3 is 2.62 bits per heavy atom. The summed E-state index contributed by atoms with van der Waals surface area (Å²) in [6.45, 7) is 1.79. The Labute approximate surface area is 165 Å². The van der Waals surface area contributed by atoms with Crippen molar-refractivity contribution in [1.82, 2.24) is 0 Å². The number of nitriles is 1. The zero-order valence-electron chi connectivity index (χ0n) is 14.1. The maximum atomic E-state index is 12.3. The van der Waals surface area contributed by atoms with Gasteiger partial charge in [0.2, 0.25) is 0 Å². The topological polar surface area (TPSA) is 103 Å². The molecule has 0 aliphatic carbocycles. The molecule has 0 aromatic heterocycles. The number of nitrogens with one attached hydrogen (secondary N) is 1. The highest BCUT2D eigenvalue weighted by atomic mass is 127. The van der Waals surface area contributed by atoms with Crippen LogP contribution < -0.4 is 5.32 Å². The van der Waals surface area contributed by atoms with Crippen LogP contribution in [0.25, 0.3) is 0 Å².